The fourth-order valence-corrected chi connectivity index (χ4v) is 2.12. The Bertz CT molecular complexity index is 778. The number of anilines is 1. The van der Waals surface area contributed by atoms with Crippen molar-refractivity contribution in [2.75, 3.05) is 26.1 Å². The van der Waals surface area contributed by atoms with E-state index in [0.717, 1.165) is 0 Å². The summed E-state index contributed by atoms with van der Waals surface area (Å²) >= 11 is 0. The smallest absolute Gasteiger partial charge is 0.337 e. The lowest BCUT2D eigenvalue weighted by Gasteiger charge is -2.16. The van der Waals surface area contributed by atoms with E-state index in [1.807, 2.05) is 0 Å². The maximum absolute atomic E-state index is 12.9. The number of hydrogen-bond donors (Lipinski definition) is 2. The topological polar surface area (TPSA) is 94.1 Å². The molecule has 0 saturated heterocycles. The van der Waals surface area contributed by atoms with Crippen LogP contribution in [-0.4, -0.2) is 37.8 Å². The van der Waals surface area contributed by atoms with Crippen LogP contribution < -0.4 is 10.1 Å². The van der Waals surface area contributed by atoms with E-state index in [-0.39, 0.29) is 23.4 Å². The third-order valence-corrected chi connectivity index (χ3v) is 3.42. The minimum Gasteiger partial charge on any atom is -0.484 e. The number of benzene rings is 2. The summed E-state index contributed by atoms with van der Waals surface area (Å²) in [6.07, 6.45) is -1.30. The maximum Gasteiger partial charge on any atom is 0.337 e. The second-order valence-electron chi connectivity index (χ2n) is 5.17. The highest BCUT2D eigenvalue weighted by atomic mass is 19.1. The third kappa shape index (κ3) is 5.01. The van der Waals surface area contributed by atoms with Crippen molar-refractivity contribution in [1.29, 1.82) is 0 Å². The molecule has 7 nitrogen and oxygen atoms in total. The zero-order valence-corrected chi connectivity index (χ0v) is 14.2. The summed E-state index contributed by atoms with van der Waals surface area (Å²) in [5.41, 5.74) is 0.625. The lowest BCUT2D eigenvalue weighted by Crippen LogP contribution is -2.22. The molecule has 0 aliphatic heterocycles. The van der Waals surface area contributed by atoms with Crippen LogP contribution in [-0.2, 0) is 14.3 Å². The molecule has 26 heavy (non-hydrogen) atoms. The van der Waals surface area contributed by atoms with Gasteiger partial charge in [-0.05, 0) is 36.4 Å². The van der Waals surface area contributed by atoms with Crippen LogP contribution in [0.1, 0.15) is 22.2 Å². The summed E-state index contributed by atoms with van der Waals surface area (Å²) in [6, 6.07) is 9.44. The van der Waals surface area contributed by atoms with E-state index in [9.17, 15) is 19.1 Å². The normalized spacial score (nSPS) is 11.5. The molecule has 0 aromatic heterocycles. The summed E-state index contributed by atoms with van der Waals surface area (Å²) in [5.74, 6) is -1.23. The molecule has 1 amide bonds. The third-order valence-electron chi connectivity index (χ3n) is 3.42. The summed E-state index contributed by atoms with van der Waals surface area (Å²) in [5, 5.41) is 12.4. The molecule has 8 heteroatoms. The maximum atomic E-state index is 12.9. The number of hydrogen-bond acceptors (Lipinski definition) is 6. The zero-order valence-electron chi connectivity index (χ0n) is 14.2. The molecule has 0 aliphatic rings. The summed E-state index contributed by atoms with van der Waals surface area (Å²) < 4.78 is 27.6. The van der Waals surface area contributed by atoms with E-state index in [1.165, 1.54) is 56.7 Å². The number of aliphatic hydroxyl groups excluding tert-OH is 1. The first-order chi connectivity index (χ1) is 12.4. The first kappa shape index (κ1) is 19.4. The molecule has 2 rings (SSSR count). The van der Waals surface area contributed by atoms with Gasteiger partial charge in [-0.1, -0.05) is 6.07 Å². The second kappa shape index (κ2) is 8.93. The van der Waals surface area contributed by atoms with Crippen molar-refractivity contribution in [3.8, 4) is 5.75 Å². The lowest BCUT2D eigenvalue weighted by molar-refractivity contribution is -0.118. The molecular weight excluding hydrogens is 345 g/mol. The number of halogens is 1. The molecular formula is C18H18FNO6. The number of ether oxygens (including phenoxy) is 3. The number of esters is 1. The van der Waals surface area contributed by atoms with Gasteiger partial charge >= 0.3 is 5.97 Å². The van der Waals surface area contributed by atoms with Crippen LogP contribution in [0.3, 0.4) is 0 Å². The molecule has 1 atom stereocenters. The largest absolute Gasteiger partial charge is 0.484 e. The highest BCUT2D eigenvalue weighted by Gasteiger charge is 2.17. The van der Waals surface area contributed by atoms with Crippen LogP contribution in [0, 0.1) is 5.82 Å². The van der Waals surface area contributed by atoms with Gasteiger partial charge in [-0.3, -0.25) is 4.79 Å². The van der Waals surface area contributed by atoms with E-state index >= 15 is 0 Å². The monoisotopic (exact) mass is 363 g/mol. The number of amides is 1. The standard InChI is InChI=1S/C18H18FNO6/c1-24-17(22)11-3-8-14(18(23)25-2)15(9-11)20-16(21)10-26-13-6-4-12(19)5-7-13/h3-9,18,23H,10H2,1-2H3,(H,20,21)/t18-/m0/s1. The van der Waals surface area contributed by atoms with Crippen LogP contribution in [0.4, 0.5) is 10.1 Å². The van der Waals surface area contributed by atoms with Crippen LogP contribution >= 0.6 is 0 Å². The Morgan fingerprint density at radius 2 is 1.85 bits per heavy atom. The van der Waals surface area contributed by atoms with E-state index in [1.54, 1.807) is 0 Å². The van der Waals surface area contributed by atoms with Crippen molar-refractivity contribution >= 4 is 17.6 Å². The van der Waals surface area contributed by atoms with Gasteiger partial charge in [0.2, 0.25) is 0 Å². The minimum atomic E-state index is -1.30. The number of carbonyl (C=O) groups excluding carboxylic acids is 2. The Morgan fingerprint density at radius 3 is 2.46 bits per heavy atom. The van der Waals surface area contributed by atoms with Crippen molar-refractivity contribution in [2.24, 2.45) is 0 Å². The highest BCUT2D eigenvalue weighted by molar-refractivity contribution is 5.96. The molecule has 0 fully saturated rings. The summed E-state index contributed by atoms with van der Waals surface area (Å²) in [6.45, 7) is -0.351. The van der Waals surface area contributed by atoms with Crippen molar-refractivity contribution in [3.05, 3.63) is 59.4 Å². The van der Waals surface area contributed by atoms with Gasteiger partial charge in [-0.15, -0.1) is 0 Å². The molecule has 2 aromatic carbocycles. The Kier molecular flexibility index (Phi) is 6.65. The van der Waals surface area contributed by atoms with Crippen LogP contribution in [0.5, 0.6) is 5.75 Å². The molecule has 0 saturated carbocycles. The highest BCUT2D eigenvalue weighted by Crippen LogP contribution is 2.25. The predicted molar refractivity (Wildman–Crippen MR) is 90.3 cm³/mol. The first-order valence-corrected chi connectivity index (χ1v) is 7.56. The van der Waals surface area contributed by atoms with Gasteiger partial charge < -0.3 is 24.6 Å². The molecule has 0 aliphatic carbocycles. The number of rotatable bonds is 7. The molecule has 0 spiro atoms. The van der Waals surface area contributed by atoms with Crippen molar-refractivity contribution in [3.63, 3.8) is 0 Å². The Labute approximate surface area is 149 Å². The van der Waals surface area contributed by atoms with E-state index in [4.69, 9.17) is 9.47 Å². The van der Waals surface area contributed by atoms with E-state index in [0.29, 0.717) is 5.75 Å². The summed E-state index contributed by atoms with van der Waals surface area (Å²) in [7, 11) is 2.52. The fourth-order valence-electron chi connectivity index (χ4n) is 2.12. The van der Waals surface area contributed by atoms with Crippen LogP contribution in [0.2, 0.25) is 0 Å². The predicted octanol–water partition coefficient (Wildman–Crippen LogP) is 2.27. The van der Waals surface area contributed by atoms with Gasteiger partial charge in [0.15, 0.2) is 12.9 Å². The average Bonchev–Trinajstić information content (AvgIpc) is 2.66. The zero-order chi connectivity index (χ0) is 19.1. The number of aliphatic hydroxyl groups is 1. The minimum absolute atomic E-state index is 0.176. The number of carbonyl (C=O) groups is 2. The average molecular weight is 363 g/mol. The number of nitrogens with one attached hydrogen (secondary N) is 1. The van der Waals surface area contributed by atoms with E-state index in [2.05, 4.69) is 10.1 Å². The van der Waals surface area contributed by atoms with Gasteiger partial charge in [0, 0.05) is 18.4 Å². The molecule has 2 aromatic rings. The quantitative estimate of drug-likeness (QED) is 0.579. The molecule has 0 unspecified atom stereocenters. The Morgan fingerprint density at radius 1 is 1.15 bits per heavy atom. The Balaban J connectivity index is 2.12. The van der Waals surface area contributed by atoms with Gasteiger partial charge in [0.25, 0.3) is 5.91 Å². The summed E-state index contributed by atoms with van der Waals surface area (Å²) in [4.78, 5) is 23.8. The van der Waals surface area contributed by atoms with Crippen LogP contribution in [0.25, 0.3) is 0 Å². The molecule has 2 N–H and O–H groups in total. The van der Waals surface area contributed by atoms with Crippen molar-refractivity contribution < 1.29 is 33.3 Å². The van der Waals surface area contributed by atoms with Crippen molar-refractivity contribution in [2.45, 2.75) is 6.29 Å². The molecule has 0 radical (unpaired) electrons. The van der Waals surface area contributed by atoms with Gasteiger partial charge in [-0.25, -0.2) is 9.18 Å². The molecule has 0 heterocycles. The SMILES string of the molecule is COC(=O)c1ccc([C@@H](O)OC)c(NC(=O)COc2ccc(F)cc2)c1. The van der Waals surface area contributed by atoms with Crippen molar-refractivity contribution in [1.82, 2.24) is 0 Å². The second-order valence-corrected chi connectivity index (χ2v) is 5.17. The Hall–Kier alpha value is -2.97. The van der Waals surface area contributed by atoms with Crippen LogP contribution in [0.15, 0.2) is 42.5 Å². The van der Waals surface area contributed by atoms with Gasteiger partial charge in [-0.2, -0.15) is 0 Å². The molecule has 138 valence electrons. The van der Waals surface area contributed by atoms with E-state index < -0.39 is 24.0 Å². The first-order valence-electron chi connectivity index (χ1n) is 7.56. The lowest BCUT2D eigenvalue weighted by atomic mass is 10.1. The fraction of sp³-hybridized carbons (Fsp3) is 0.222. The molecule has 0 bridgehead atoms. The number of methoxy groups -OCH3 is 2. The van der Waals surface area contributed by atoms with Gasteiger partial charge in [0.05, 0.1) is 12.7 Å². The van der Waals surface area contributed by atoms with Gasteiger partial charge in [0.1, 0.15) is 11.6 Å².